The van der Waals surface area contributed by atoms with Crippen LogP contribution in [0.15, 0.2) is 24.3 Å². The Morgan fingerprint density at radius 2 is 2.00 bits per heavy atom. The Hall–Kier alpha value is -0.620. The van der Waals surface area contributed by atoms with Gasteiger partial charge >= 0.3 is 0 Å². The minimum Gasteiger partial charge on any atom is -0.352 e. The largest absolute Gasteiger partial charge is 0.352 e. The number of nitrogens with one attached hydrogen (secondary N) is 1. The van der Waals surface area contributed by atoms with E-state index in [0.717, 1.165) is 19.3 Å². The van der Waals surface area contributed by atoms with Crippen LogP contribution in [0.2, 0.25) is 0 Å². The first kappa shape index (κ1) is 15.8. The Morgan fingerprint density at radius 1 is 1.30 bits per heavy atom. The molecule has 0 aromatic heterocycles. The number of hydrogen-bond donors (Lipinski definition) is 2. The molecule has 0 heterocycles. The molecule has 1 aromatic carbocycles. The molecule has 1 fully saturated rings. The number of aryl methyl sites for hydroxylation is 1. The molecule has 110 valence electrons. The molecule has 2 rings (SSSR count). The smallest absolute Gasteiger partial charge is 0.220 e. The van der Waals surface area contributed by atoms with Crippen LogP contribution < -0.4 is 11.1 Å². The number of carbonyl (C=O) groups is 1. The summed E-state index contributed by atoms with van der Waals surface area (Å²) in [5.74, 6) is 0.797. The average molecular weight is 386 g/mol. The van der Waals surface area contributed by atoms with E-state index in [4.69, 9.17) is 5.73 Å². The minimum absolute atomic E-state index is 0.162. The highest BCUT2D eigenvalue weighted by molar-refractivity contribution is 14.1. The van der Waals surface area contributed by atoms with E-state index in [2.05, 4.69) is 52.2 Å². The summed E-state index contributed by atoms with van der Waals surface area (Å²) in [6.45, 7) is 0.569. The van der Waals surface area contributed by atoms with Crippen LogP contribution in [0.4, 0.5) is 0 Å². The lowest BCUT2D eigenvalue weighted by molar-refractivity contribution is -0.122. The topological polar surface area (TPSA) is 55.1 Å². The van der Waals surface area contributed by atoms with Gasteiger partial charge in [0.05, 0.1) is 0 Å². The number of hydrogen-bond acceptors (Lipinski definition) is 2. The van der Waals surface area contributed by atoms with Gasteiger partial charge < -0.3 is 11.1 Å². The number of unbranched alkanes of at least 4 members (excludes halogenated alkanes) is 1. The van der Waals surface area contributed by atoms with Crippen molar-refractivity contribution in [3.63, 3.8) is 0 Å². The monoisotopic (exact) mass is 386 g/mol. The van der Waals surface area contributed by atoms with E-state index in [0.29, 0.717) is 18.9 Å². The second-order valence-corrected chi connectivity index (χ2v) is 6.83. The van der Waals surface area contributed by atoms with Crippen LogP contribution in [0.3, 0.4) is 0 Å². The Kier molecular flexibility index (Phi) is 6.29. The molecule has 3 nitrogen and oxygen atoms in total. The van der Waals surface area contributed by atoms with Gasteiger partial charge in [0, 0.05) is 22.6 Å². The molecule has 1 aliphatic carbocycles. The van der Waals surface area contributed by atoms with E-state index in [1.165, 1.54) is 22.0 Å². The van der Waals surface area contributed by atoms with Crippen LogP contribution in [0.5, 0.6) is 0 Å². The normalized spacial score (nSPS) is 15.9. The molecular formula is C16H23IN2O. The lowest BCUT2D eigenvalue weighted by atomic mass is 10.1. The van der Waals surface area contributed by atoms with Crippen LogP contribution >= 0.6 is 22.6 Å². The van der Waals surface area contributed by atoms with Crippen molar-refractivity contribution in [1.82, 2.24) is 5.32 Å². The number of nitrogens with two attached hydrogens (primary N) is 1. The van der Waals surface area contributed by atoms with Gasteiger partial charge in [0.25, 0.3) is 0 Å². The fourth-order valence-electron chi connectivity index (χ4n) is 2.41. The van der Waals surface area contributed by atoms with Crippen molar-refractivity contribution in [2.45, 2.75) is 44.6 Å². The maximum absolute atomic E-state index is 11.8. The standard InChI is InChI=1S/C16H23IN2O/c17-14-9-5-12(6-10-14)3-1-2-4-16(20)19-15(11-18)13-7-8-13/h5-6,9-10,13,15H,1-4,7-8,11,18H2,(H,19,20). The Bertz CT molecular complexity index is 429. The molecule has 1 unspecified atom stereocenters. The second kappa shape index (κ2) is 7.98. The molecule has 0 bridgehead atoms. The molecule has 1 aromatic rings. The SMILES string of the molecule is NCC(NC(=O)CCCCc1ccc(I)cc1)C1CC1. The van der Waals surface area contributed by atoms with Gasteiger partial charge in [-0.05, 0) is 78.3 Å². The van der Waals surface area contributed by atoms with E-state index in [-0.39, 0.29) is 11.9 Å². The molecule has 1 atom stereocenters. The molecular weight excluding hydrogens is 363 g/mol. The molecule has 0 radical (unpaired) electrons. The summed E-state index contributed by atoms with van der Waals surface area (Å²) in [6, 6.07) is 8.80. The first-order valence-corrected chi connectivity index (χ1v) is 8.51. The molecule has 4 heteroatoms. The quantitative estimate of drug-likeness (QED) is 0.533. The van der Waals surface area contributed by atoms with Gasteiger partial charge in [-0.1, -0.05) is 12.1 Å². The molecule has 0 spiro atoms. The van der Waals surface area contributed by atoms with E-state index in [1.54, 1.807) is 0 Å². The first-order chi connectivity index (χ1) is 9.69. The van der Waals surface area contributed by atoms with Crippen molar-refractivity contribution in [3.05, 3.63) is 33.4 Å². The van der Waals surface area contributed by atoms with Gasteiger partial charge in [0.2, 0.25) is 5.91 Å². The van der Waals surface area contributed by atoms with Gasteiger partial charge in [-0.15, -0.1) is 0 Å². The lowest BCUT2D eigenvalue weighted by Crippen LogP contribution is -2.41. The number of carbonyl (C=O) groups excluding carboxylic acids is 1. The van der Waals surface area contributed by atoms with Crippen LogP contribution in [0.25, 0.3) is 0 Å². The number of benzene rings is 1. The van der Waals surface area contributed by atoms with Crippen molar-refractivity contribution in [2.24, 2.45) is 11.7 Å². The highest BCUT2D eigenvalue weighted by Gasteiger charge is 2.30. The first-order valence-electron chi connectivity index (χ1n) is 7.43. The predicted molar refractivity (Wildman–Crippen MR) is 90.4 cm³/mol. The number of amides is 1. The van der Waals surface area contributed by atoms with Gasteiger partial charge in [-0.25, -0.2) is 0 Å². The summed E-state index contributed by atoms with van der Waals surface area (Å²) in [7, 11) is 0. The predicted octanol–water partition coefficient (Wildman–Crippen LogP) is 2.86. The van der Waals surface area contributed by atoms with Crippen molar-refractivity contribution in [3.8, 4) is 0 Å². The van der Waals surface area contributed by atoms with E-state index < -0.39 is 0 Å². The summed E-state index contributed by atoms with van der Waals surface area (Å²) in [4.78, 5) is 11.8. The number of halogens is 1. The van der Waals surface area contributed by atoms with Crippen LogP contribution in [0.1, 0.15) is 37.7 Å². The van der Waals surface area contributed by atoms with Gasteiger partial charge in [-0.2, -0.15) is 0 Å². The molecule has 1 amide bonds. The van der Waals surface area contributed by atoms with Gasteiger partial charge in [0.1, 0.15) is 0 Å². The summed E-state index contributed by atoms with van der Waals surface area (Å²) in [6.07, 6.45) is 6.11. The summed E-state index contributed by atoms with van der Waals surface area (Å²) in [5.41, 5.74) is 7.04. The molecule has 1 aliphatic rings. The van der Waals surface area contributed by atoms with Gasteiger partial charge in [-0.3, -0.25) is 4.79 Å². The maximum Gasteiger partial charge on any atom is 0.220 e. The highest BCUT2D eigenvalue weighted by Crippen LogP contribution is 2.32. The summed E-state index contributed by atoms with van der Waals surface area (Å²) < 4.78 is 1.26. The van der Waals surface area contributed by atoms with Crippen molar-refractivity contribution in [2.75, 3.05) is 6.54 Å². The third kappa shape index (κ3) is 5.40. The average Bonchev–Trinajstić information content (AvgIpc) is 3.27. The van der Waals surface area contributed by atoms with Crippen LogP contribution in [-0.4, -0.2) is 18.5 Å². The molecule has 0 aliphatic heterocycles. The van der Waals surface area contributed by atoms with Crippen molar-refractivity contribution >= 4 is 28.5 Å². The fourth-order valence-corrected chi connectivity index (χ4v) is 2.77. The lowest BCUT2D eigenvalue weighted by Gasteiger charge is -2.15. The van der Waals surface area contributed by atoms with Crippen LogP contribution in [-0.2, 0) is 11.2 Å². The molecule has 0 saturated heterocycles. The van der Waals surface area contributed by atoms with E-state index in [1.807, 2.05) is 0 Å². The number of rotatable bonds is 8. The zero-order valence-corrected chi connectivity index (χ0v) is 13.9. The fraction of sp³-hybridized carbons (Fsp3) is 0.562. The van der Waals surface area contributed by atoms with E-state index in [9.17, 15) is 4.79 Å². The zero-order chi connectivity index (χ0) is 14.4. The Morgan fingerprint density at radius 3 is 2.60 bits per heavy atom. The highest BCUT2D eigenvalue weighted by atomic mass is 127. The van der Waals surface area contributed by atoms with Gasteiger partial charge in [0.15, 0.2) is 0 Å². The molecule has 3 N–H and O–H groups in total. The molecule has 20 heavy (non-hydrogen) atoms. The summed E-state index contributed by atoms with van der Waals surface area (Å²) in [5, 5.41) is 3.07. The Balaban J connectivity index is 1.60. The summed E-state index contributed by atoms with van der Waals surface area (Å²) >= 11 is 2.31. The minimum atomic E-state index is 0.162. The van der Waals surface area contributed by atoms with E-state index >= 15 is 0 Å². The zero-order valence-electron chi connectivity index (χ0n) is 11.8. The third-order valence-electron chi connectivity index (χ3n) is 3.82. The Labute approximate surface area is 134 Å². The maximum atomic E-state index is 11.8. The van der Waals surface area contributed by atoms with Crippen molar-refractivity contribution in [1.29, 1.82) is 0 Å². The van der Waals surface area contributed by atoms with Crippen molar-refractivity contribution < 1.29 is 4.79 Å². The molecule has 1 saturated carbocycles. The van der Waals surface area contributed by atoms with Crippen LogP contribution in [0, 0.1) is 9.49 Å². The second-order valence-electron chi connectivity index (χ2n) is 5.58. The third-order valence-corrected chi connectivity index (χ3v) is 4.54.